The molecular weight excluding hydrogens is 454 g/mol. The molecule has 0 atom stereocenters. The summed E-state index contributed by atoms with van der Waals surface area (Å²) in [5.41, 5.74) is 5.78. The van der Waals surface area contributed by atoms with Crippen molar-refractivity contribution in [3.8, 4) is 5.75 Å². The van der Waals surface area contributed by atoms with Crippen molar-refractivity contribution in [2.45, 2.75) is 44.6 Å². The van der Waals surface area contributed by atoms with E-state index in [1.165, 1.54) is 35.6 Å². The van der Waals surface area contributed by atoms with Gasteiger partial charge in [0.1, 0.15) is 5.75 Å². The lowest BCUT2D eigenvalue weighted by Crippen LogP contribution is -2.41. The van der Waals surface area contributed by atoms with Crippen LogP contribution >= 0.6 is 11.6 Å². The summed E-state index contributed by atoms with van der Waals surface area (Å²) < 4.78 is 31.8. The van der Waals surface area contributed by atoms with E-state index in [0.717, 1.165) is 5.56 Å². The van der Waals surface area contributed by atoms with E-state index in [0.29, 0.717) is 23.8 Å². The smallest absolute Gasteiger partial charge is 0.269 e. The summed E-state index contributed by atoms with van der Waals surface area (Å²) in [5, 5.41) is 0.629. The molecule has 0 bridgehead atoms. The fourth-order valence-electron chi connectivity index (χ4n) is 2.67. The van der Waals surface area contributed by atoms with Crippen molar-refractivity contribution >= 4 is 33.4 Å². The first-order valence-corrected chi connectivity index (χ1v) is 11.9. The largest absolute Gasteiger partial charge is 0.493 e. The number of carbonyl (C=O) groups excluding carboxylic acids is 2. The molecule has 0 fully saturated rings. The van der Waals surface area contributed by atoms with Crippen LogP contribution < -0.4 is 15.6 Å². The van der Waals surface area contributed by atoms with Gasteiger partial charge in [0.15, 0.2) is 0 Å². The van der Waals surface area contributed by atoms with Crippen LogP contribution in [0.25, 0.3) is 0 Å². The summed E-state index contributed by atoms with van der Waals surface area (Å²) in [7, 11) is -2.13. The second-order valence-electron chi connectivity index (χ2n) is 7.50. The van der Waals surface area contributed by atoms with Crippen LogP contribution in [0.5, 0.6) is 5.75 Å². The predicted molar refractivity (Wildman–Crippen MR) is 123 cm³/mol. The molecule has 0 aliphatic heterocycles. The standard InChI is InChI=1S/C22H28ClN3O5S/c1-15(2)26(4)32(29,30)19-10-7-17(8-11-19)22(28)25-24-21(27)6-5-13-31-20-12-9-18(23)14-16(20)3/h7-12,14-15H,5-6,13H2,1-4H3,(H,24,27)(H,25,28). The molecule has 0 saturated heterocycles. The Balaban J connectivity index is 1.79. The van der Waals surface area contributed by atoms with Gasteiger partial charge in [0.05, 0.1) is 11.5 Å². The number of sulfonamides is 1. The molecule has 0 aliphatic carbocycles. The highest BCUT2D eigenvalue weighted by Gasteiger charge is 2.23. The van der Waals surface area contributed by atoms with Gasteiger partial charge in [-0.05, 0) is 75.2 Å². The molecule has 2 N–H and O–H groups in total. The molecule has 0 aliphatic rings. The molecule has 32 heavy (non-hydrogen) atoms. The summed E-state index contributed by atoms with van der Waals surface area (Å²) >= 11 is 5.90. The highest BCUT2D eigenvalue weighted by molar-refractivity contribution is 7.89. The zero-order valence-electron chi connectivity index (χ0n) is 18.5. The molecule has 2 rings (SSSR count). The summed E-state index contributed by atoms with van der Waals surface area (Å²) in [6, 6.07) is 10.6. The van der Waals surface area contributed by atoms with Gasteiger partial charge in [-0.2, -0.15) is 4.31 Å². The van der Waals surface area contributed by atoms with Crippen molar-refractivity contribution in [1.82, 2.24) is 15.2 Å². The first-order valence-electron chi connectivity index (χ1n) is 10.1. The third kappa shape index (κ3) is 6.94. The first-order chi connectivity index (χ1) is 15.0. The van der Waals surface area contributed by atoms with Crippen molar-refractivity contribution in [2.24, 2.45) is 0 Å². The van der Waals surface area contributed by atoms with Crippen molar-refractivity contribution in [3.63, 3.8) is 0 Å². The number of nitrogens with one attached hydrogen (secondary N) is 2. The van der Waals surface area contributed by atoms with Crippen LogP contribution in [-0.2, 0) is 14.8 Å². The number of hydrogen-bond acceptors (Lipinski definition) is 5. The summed E-state index contributed by atoms with van der Waals surface area (Å²) in [6.45, 7) is 5.76. The van der Waals surface area contributed by atoms with Gasteiger partial charge >= 0.3 is 0 Å². The van der Waals surface area contributed by atoms with E-state index >= 15 is 0 Å². The minimum atomic E-state index is -3.63. The maximum absolute atomic E-state index is 12.5. The fraction of sp³-hybridized carbons (Fsp3) is 0.364. The van der Waals surface area contributed by atoms with Gasteiger partial charge in [-0.1, -0.05) is 11.6 Å². The zero-order chi connectivity index (χ0) is 23.9. The van der Waals surface area contributed by atoms with E-state index in [2.05, 4.69) is 10.9 Å². The topological polar surface area (TPSA) is 105 Å². The Kier molecular flexibility index (Phi) is 9.06. The Morgan fingerprint density at radius 2 is 1.75 bits per heavy atom. The zero-order valence-corrected chi connectivity index (χ0v) is 20.1. The lowest BCUT2D eigenvalue weighted by atomic mass is 10.2. The van der Waals surface area contributed by atoms with E-state index in [-0.39, 0.29) is 28.8 Å². The second-order valence-corrected chi connectivity index (χ2v) is 9.94. The minimum absolute atomic E-state index is 0.0882. The summed E-state index contributed by atoms with van der Waals surface area (Å²) in [4.78, 5) is 24.2. The highest BCUT2D eigenvalue weighted by Crippen LogP contribution is 2.22. The average molecular weight is 482 g/mol. The molecule has 0 saturated carbocycles. The molecular formula is C22H28ClN3O5S. The number of hydrogen-bond donors (Lipinski definition) is 2. The molecule has 10 heteroatoms. The molecule has 0 heterocycles. The molecule has 0 radical (unpaired) electrons. The van der Waals surface area contributed by atoms with Gasteiger partial charge in [-0.25, -0.2) is 8.42 Å². The molecule has 2 amide bonds. The van der Waals surface area contributed by atoms with Gasteiger partial charge in [-0.15, -0.1) is 0 Å². The third-order valence-corrected chi connectivity index (χ3v) is 7.06. The van der Waals surface area contributed by atoms with Crippen LogP contribution in [0.2, 0.25) is 5.02 Å². The minimum Gasteiger partial charge on any atom is -0.493 e. The molecule has 2 aromatic carbocycles. The van der Waals surface area contributed by atoms with Gasteiger partial charge in [0.2, 0.25) is 15.9 Å². The number of ether oxygens (including phenoxy) is 1. The predicted octanol–water partition coefficient (Wildman–Crippen LogP) is 3.30. The number of nitrogens with zero attached hydrogens (tertiary/aromatic N) is 1. The Morgan fingerprint density at radius 1 is 1.09 bits per heavy atom. The Hall–Kier alpha value is -2.62. The Labute approximate surface area is 193 Å². The molecule has 0 spiro atoms. The van der Waals surface area contributed by atoms with Crippen LogP contribution in [0.3, 0.4) is 0 Å². The third-order valence-electron chi connectivity index (χ3n) is 4.78. The van der Waals surface area contributed by atoms with Gasteiger partial charge in [0, 0.05) is 30.1 Å². The van der Waals surface area contributed by atoms with E-state index in [4.69, 9.17) is 16.3 Å². The first kappa shape index (κ1) is 25.6. The van der Waals surface area contributed by atoms with E-state index in [1.807, 2.05) is 6.92 Å². The van der Waals surface area contributed by atoms with E-state index < -0.39 is 15.9 Å². The van der Waals surface area contributed by atoms with E-state index in [1.54, 1.807) is 32.0 Å². The molecule has 2 aromatic rings. The maximum Gasteiger partial charge on any atom is 0.269 e. The Bertz CT molecular complexity index is 1060. The molecule has 0 unspecified atom stereocenters. The van der Waals surface area contributed by atoms with Crippen LogP contribution in [0.4, 0.5) is 0 Å². The van der Waals surface area contributed by atoms with Gasteiger partial charge in [0.25, 0.3) is 5.91 Å². The molecule has 8 nitrogen and oxygen atoms in total. The number of aryl methyl sites for hydroxylation is 1. The van der Waals surface area contributed by atoms with Crippen molar-refractivity contribution < 1.29 is 22.7 Å². The fourth-order valence-corrected chi connectivity index (χ4v) is 4.27. The van der Waals surface area contributed by atoms with Crippen LogP contribution in [0, 0.1) is 6.92 Å². The second kappa shape index (κ2) is 11.3. The van der Waals surface area contributed by atoms with Gasteiger partial charge < -0.3 is 4.74 Å². The monoisotopic (exact) mass is 481 g/mol. The summed E-state index contributed by atoms with van der Waals surface area (Å²) in [5.74, 6) is -0.215. The van der Waals surface area contributed by atoms with Crippen molar-refractivity contribution in [2.75, 3.05) is 13.7 Å². The molecule has 174 valence electrons. The highest BCUT2D eigenvalue weighted by atomic mass is 35.5. The Morgan fingerprint density at radius 3 is 2.34 bits per heavy atom. The number of rotatable bonds is 9. The normalized spacial score (nSPS) is 11.5. The van der Waals surface area contributed by atoms with Crippen LogP contribution in [-0.4, -0.2) is 44.2 Å². The average Bonchev–Trinajstić information content (AvgIpc) is 2.75. The number of hydrazine groups is 1. The van der Waals surface area contributed by atoms with Crippen molar-refractivity contribution in [3.05, 3.63) is 58.6 Å². The molecule has 0 aromatic heterocycles. The SMILES string of the molecule is Cc1cc(Cl)ccc1OCCCC(=O)NNC(=O)c1ccc(S(=O)(=O)N(C)C(C)C)cc1. The lowest BCUT2D eigenvalue weighted by Gasteiger charge is -2.21. The number of benzene rings is 2. The van der Waals surface area contributed by atoms with Gasteiger partial charge in [-0.3, -0.25) is 20.4 Å². The van der Waals surface area contributed by atoms with Crippen molar-refractivity contribution in [1.29, 1.82) is 0 Å². The lowest BCUT2D eigenvalue weighted by molar-refractivity contribution is -0.122. The summed E-state index contributed by atoms with van der Waals surface area (Å²) in [6.07, 6.45) is 0.616. The number of halogens is 1. The van der Waals surface area contributed by atoms with Crippen LogP contribution in [0.1, 0.15) is 42.6 Å². The number of carbonyl (C=O) groups is 2. The van der Waals surface area contributed by atoms with Crippen LogP contribution in [0.15, 0.2) is 47.4 Å². The maximum atomic E-state index is 12.5. The number of amides is 2. The van der Waals surface area contributed by atoms with E-state index in [9.17, 15) is 18.0 Å². The quantitative estimate of drug-likeness (QED) is 0.422.